The molecular weight excluding hydrogens is 376 g/mol. The fraction of sp³-hybridized carbons (Fsp3) is 0.360. The molecule has 5 nitrogen and oxygen atoms in total. The molecule has 0 spiro atoms. The number of hydrazine groups is 1. The fourth-order valence-electron chi connectivity index (χ4n) is 3.52. The first-order valence-electron chi connectivity index (χ1n) is 10.1. The SMILES string of the molecule is CC(C)(C)CC(C)(C)c1ccc(OCC(=O)NNC(=O)/C=C/c2ccccc2)cc1. The molecule has 0 atom stereocenters. The van der Waals surface area contributed by atoms with Gasteiger partial charge in [0.1, 0.15) is 5.75 Å². The summed E-state index contributed by atoms with van der Waals surface area (Å²) in [6, 6.07) is 17.2. The number of amides is 2. The van der Waals surface area contributed by atoms with Crippen LogP contribution in [0.3, 0.4) is 0 Å². The summed E-state index contributed by atoms with van der Waals surface area (Å²) in [5, 5.41) is 0. The Bertz CT molecular complexity index is 864. The third-order valence-corrected chi connectivity index (χ3v) is 4.53. The van der Waals surface area contributed by atoms with Gasteiger partial charge in [-0.3, -0.25) is 20.4 Å². The van der Waals surface area contributed by atoms with Crippen LogP contribution in [0, 0.1) is 5.41 Å². The largest absolute Gasteiger partial charge is 0.484 e. The highest BCUT2D eigenvalue weighted by Crippen LogP contribution is 2.36. The average molecular weight is 409 g/mol. The number of carbonyl (C=O) groups excluding carboxylic acids is 2. The molecule has 0 aromatic heterocycles. The van der Waals surface area contributed by atoms with Gasteiger partial charge in [0, 0.05) is 6.08 Å². The predicted octanol–water partition coefficient (Wildman–Crippen LogP) is 4.64. The number of benzene rings is 2. The van der Waals surface area contributed by atoms with Crippen molar-refractivity contribution in [3.05, 3.63) is 71.8 Å². The number of nitrogens with one attached hydrogen (secondary N) is 2. The maximum absolute atomic E-state index is 11.9. The molecule has 0 unspecified atom stereocenters. The average Bonchev–Trinajstić information content (AvgIpc) is 2.68. The van der Waals surface area contributed by atoms with Gasteiger partial charge in [-0.15, -0.1) is 0 Å². The van der Waals surface area contributed by atoms with Crippen LogP contribution in [-0.4, -0.2) is 18.4 Å². The molecule has 0 saturated heterocycles. The number of carbonyl (C=O) groups is 2. The lowest BCUT2D eigenvalue weighted by Crippen LogP contribution is -2.43. The van der Waals surface area contributed by atoms with Crippen molar-refractivity contribution >= 4 is 17.9 Å². The molecule has 0 bridgehead atoms. The smallest absolute Gasteiger partial charge is 0.276 e. The topological polar surface area (TPSA) is 67.4 Å². The molecule has 5 heteroatoms. The minimum atomic E-state index is -0.436. The van der Waals surface area contributed by atoms with Gasteiger partial charge in [-0.1, -0.05) is 77.1 Å². The zero-order valence-electron chi connectivity index (χ0n) is 18.5. The zero-order chi connectivity index (χ0) is 22.2. The summed E-state index contributed by atoms with van der Waals surface area (Å²) >= 11 is 0. The summed E-state index contributed by atoms with van der Waals surface area (Å²) in [5.41, 5.74) is 7.08. The van der Waals surface area contributed by atoms with Gasteiger partial charge in [-0.2, -0.15) is 0 Å². The summed E-state index contributed by atoms with van der Waals surface area (Å²) in [7, 11) is 0. The quantitative estimate of drug-likeness (QED) is 0.518. The fourth-order valence-corrected chi connectivity index (χ4v) is 3.52. The Morgan fingerprint density at radius 2 is 1.53 bits per heavy atom. The van der Waals surface area contributed by atoms with E-state index in [2.05, 4.69) is 45.5 Å². The van der Waals surface area contributed by atoms with Crippen LogP contribution >= 0.6 is 0 Å². The lowest BCUT2D eigenvalue weighted by molar-refractivity contribution is -0.128. The van der Waals surface area contributed by atoms with Crippen LogP contribution in [0.1, 0.15) is 52.2 Å². The molecule has 2 amide bonds. The summed E-state index contributed by atoms with van der Waals surface area (Å²) < 4.78 is 5.52. The Labute approximate surface area is 179 Å². The van der Waals surface area contributed by atoms with Crippen molar-refractivity contribution in [2.24, 2.45) is 5.41 Å². The molecule has 0 fully saturated rings. The Hall–Kier alpha value is -3.08. The molecule has 2 aromatic carbocycles. The summed E-state index contributed by atoms with van der Waals surface area (Å²) in [5.74, 6) is -0.248. The van der Waals surface area contributed by atoms with E-state index in [9.17, 15) is 9.59 Å². The molecule has 0 aliphatic rings. The Morgan fingerprint density at radius 1 is 0.900 bits per heavy atom. The number of hydrogen-bond donors (Lipinski definition) is 2. The van der Waals surface area contributed by atoms with E-state index >= 15 is 0 Å². The molecule has 0 radical (unpaired) electrons. The first-order chi connectivity index (χ1) is 14.0. The second-order valence-electron chi connectivity index (χ2n) is 9.22. The molecule has 0 aliphatic carbocycles. The molecule has 160 valence electrons. The van der Waals surface area contributed by atoms with E-state index in [-0.39, 0.29) is 17.4 Å². The van der Waals surface area contributed by atoms with Crippen molar-refractivity contribution in [2.45, 2.75) is 46.5 Å². The van der Waals surface area contributed by atoms with Crippen LogP contribution in [0.25, 0.3) is 6.08 Å². The van der Waals surface area contributed by atoms with Crippen LogP contribution < -0.4 is 15.6 Å². The van der Waals surface area contributed by atoms with Crippen molar-refractivity contribution in [3.8, 4) is 5.75 Å². The molecule has 30 heavy (non-hydrogen) atoms. The molecule has 2 rings (SSSR count). The molecule has 2 aromatic rings. The number of ether oxygens (including phenoxy) is 1. The van der Waals surface area contributed by atoms with Crippen LogP contribution in [0.15, 0.2) is 60.7 Å². The van der Waals surface area contributed by atoms with Crippen LogP contribution in [0.5, 0.6) is 5.75 Å². The van der Waals surface area contributed by atoms with Crippen molar-refractivity contribution in [1.82, 2.24) is 10.9 Å². The summed E-state index contributed by atoms with van der Waals surface area (Å²) in [6.45, 7) is 11.0. The Kier molecular flexibility index (Phi) is 7.81. The predicted molar refractivity (Wildman–Crippen MR) is 121 cm³/mol. The van der Waals surface area contributed by atoms with E-state index in [0.717, 1.165) is 12.0 Å². The maximum atomic E-state index is 11.9. The maximum Gasteiger partial charge on any atom is 0.276 e. The summed E-state index contributed by atoms with van der Waals surface area (Å²) in [6.07, 6.45) is 4.08. The van der Waals surface area contributed by atoms with E-state index in [1.807, 2.05) is 54.6 Å². The van der Waals surface area contributed by atoms with Gasteiger partial charge in [-0.05, 0) is 46.6 Å². The van der Waals surface area contributed by atoms with Gasteiger partial charge in [0.2, 0.25) is 0 Å². The van der Waals surface area contributed by atoms with E-state index in [1.165, 1.54) is 11.6 Å². The monoisotopic (exact) mass is 408 g/mol. The molecule has 0 saturated carbocycles. The highest BCUT2D eigenvalue weighted by Gasteiger charge is 2.27. The Morgan fingerprint density at radius 3 is 2.13 bits per heavy atom. The minimum Gasteiger partial charge on any atom is -0.484 e. The highest BCUT2D eigenvalue weighted by molar-refractivity contribution is 5.93. The van der Waals surface area contributed by atoms with Gasteiger partial charge < -0.3 is 4.74 Å². The first kappa shape index (κ1) is 23.2. The van der Waals surface area contributed by atoms with Gasteiger partial charge in [0.05, 0.1) is 0 Å². The first-order valence-corrected chi connectivity index (χ1v) is 10.1. The van der Waals surface area contributed by atoms with Crippen molar-refractivity contribution in [1.29, 1.82) is 0 Å². The zero-order valence-corrected chi connectivity index (χ0v) is 18.5. The molecule has 2 N–H and O–H groups in total. The minimum absolute atomic E-state index is 0.0473. The van der Waals surface area contributed by atoms with Gasteiger partial charge in [0.25, 0.3) is 11.8 Å². The second-order valence-corrected chi connectivity index (χ2v) is 9.22. The van der Waals surface area contributed by atoms with E-state index in [0.29, 0.717) is 5.75 Å². The lowest BCUT2D eigenvalue weighted by atomic mass is 9.72. The summed E-state index contributed by atoms with van der Waals surface area (Å²) in [4.78, 5) is 23.7. The second kappa shape index (κ2) is 10.1. The van der Waals surface area contributed by atoms with E-state index < -0.39 is 11.8 Å². The normalized spacial score (nSPS) is 11.9. The van der Waals surface area contributed by atoms with Crippen LogP contribution in [0.2, 0.25) is 0 Å². The van der Waals surface area contributed by atoms with Gasteiger partial charge in [0.15, 0.2) is 6.61 Å². The number of rotatable bonds is 7. The van der Waals surface area contributed by atoms with Gasteiger partial charge in [-0.25, -0.2) is 0 Å². The molecular formula is C25H32N2O3. The lowest BCUT2D eigenvalue weighted by Gasteiger charge is -2.33. The third kappa shape index (κ3) is 8.11. The third-order valence-electron chi connectivity index (χ3n) is 4.53. The van der Waals surface area contributed by atoms with E-state index in [1.54, 1.807) is 6.08 Å². The standard InChI is InChI=1S/C25H32N2O3/c1-24(2,3)18-25(4,5)20-12-14-21(15-13-20)30-17-23(29)27-26-22(28)16-11-19-9-7-6-8-10-19/h6-16H,17-18H2,1-5H3,(H,26,28)(H,27,29)/b16-11+. The van der Waals surface area contributed by atoms with Crippen LogP contribution in [-0.2, 0) is 15.0 Å². The van der Waals surface area contributed by atoms with Crippen molar-refractivity contribution in [2.75, 3.05) is 6.61 Å². The van der Waals surface area contributed by atoms with Crippen molar-refractivity contribution in [3.63, 3.8) is 0 Å². The highest BCUT2D eigenvalue weighted by atomic mass is 16.5. The Balaban J connectivity index is 1.78. The van der Waals surface area contributed by atoms with E-state index in [4.69, 9.17) is 4.74 Å². The van der Waals surface area contributed by atoms with Crippen molar-refractivity contribution < 1.29 is 14.3 Å². The van der Waals surface area contributed by atoms with Gasteiger partial charge >= 0.3 is 0 Å². The number of hydrogen-bond acceptors (Lipinski definition) is 3. The molecule has 0 aliphatic heterocycles. The van der Waals surface area contributed by atoms with Crippen LogP contribution in [0.4, 0.5) is 0 Å². The molecule has 0 heterocycles.